The molecule has 1 spiro atoms. The number of hydrogen-bond donors (Lipinski definition) is 1. The van der Waals surface area contributed by atoms with E-state index in [0.29, 0.717) is 41.7 Å². The molecule has 33 heavy (non-hydrogen) atoms. The van der Waals surface area contributed by atoms with E-state index in [1.54, 1.807) is 12.1 Å². The van der Waals surface area contributed by atoms with Gasteiger partial charge in [-0.2, -0.15) is 0 Å². The number of phenolic OH excluding ortho intramolecular Hbond substituents is 1. The minimum atomic E-state index is -1.27. The summed E-state index contributed by atoms with van der Waals surface area (Å²) in [6, 6.07) is 3.19. The van der Waals surface area contributed by atoms with Crippen LogP contribution in [0.3, 0.4) is 0 Å². The number of phenols is 1. The van der Waals surface area contributed by atoms with Gasteiger partial charge in [0.25, 0.3) is 0 Å². The molecule has 3 aliphatic carbocycles. The lowest BCUT2D eigenvalue weighted by atomic mass is 9.51. The number of hydrogen-bond acceptors (Lipinski definition) is 5. The Morgan fingerprint density at radius 1 is 1.12 bits per heavy atom. The van der Waals surface area contributed by atoms with Gasteiger partial charge in [0.2, 0.25) is 0 Å². The first-order valence-corrected chi connectivity index (χ1v) is 11.8. The van der Waals surface area contributed by atoms with Gasteiger partial charge >= 0.3 is 0 Å². The van der Waals surface area contributed by atoms with Crippen LogP contribution in [-0.4, -0.2) is 33.5 Å². The molecule has 2 fully saturated rings. The summed E-state index contributed by atoms with van der Waals surface area (Å²) >= 11 is 0. The zero-order valence-electron chi connectivity index (χ0n) is 20.2. The van der Waals surface area contributed by atoms with E-state index in [-0.39, 0.29) is 29.2 Å². The lowest BCUT2D eigenvalue weighted by molar-refractivity contribution is -0.171. The monoisotopic (exact) mass is 448 g/mol. The van der Waals surface area contributed by atoms with E-state index < -0.39 is 16.8 Å². The molecule has 1 N–H and O–H groups in total. The minimum Gasteiger partial charge on any atom is -0.508 e. The molecule has 2 heterocycles. The number of ketones is 2. The summed E-state index contributed by atoms with van der Waals surface area (Å²) < 4.78 is 13.6. The molecule has 174 valence electrons. The molecule has 0 amide bonds. The minimum absolute atomic E-state index is 0.00664. The molecule has 5 nitrogen and oxygen atoms in total. The number of allylic oxidation sites excluding steroid dienone is 4. The van der Waals surface area contributed by atoms with Gasteiger partial charge in [-0.25, -0.2) is 0 Å². The van der Waals surface area contributed by atoms with Crippen LogP contribution in [0.5, 0.6) is 11.5 Å². The number of carbonyl (C=O) groups excluding carboxylic acids is 2. The molecular formula is C28H32O5. The topological polar surface area (TPSA) is 72.8 Å². The number of aromatic hydroxyl groups is 1. The molecule has 5 aliphatic rings. The Kier molecular flexibility index (Phi) is 4.65. The van der Waals surface area contributed by atoms with Gasteiger partial charge in [0.15, 0.2) is 22.8 Å². The van der Waals surface area contributed by atoms with Crippen molar-refractivity contribution in [3.8, 4) is 11.5 Å². The number of carbonyl (C=O) groups is 2. The fraction of sp³-hybridized carbons (Fsp3) is 0.500. The normalized spacial score (nSPS) is 32.5. The van der Waals surface area contributed by atoms with Gasteiger partial charge in [-0.1, -0.05) is 29.4 Å². The molecule has 1 aromatic carbocycles. The van der Waals surface area contributed by atoms with Crippen molar-refractivity contribution in [2.75, 3.05) is 0 Å². The van der Waals surface area contributed by atoms with Crippen molar-refractivity contribution in [1.29, 1.82) is 0 Å². The second-order valence-corrected chi connectivity index (χ2v) is 10.9. The molecule has 6 rings (SSSR count). The molecule has 4 unspecified atom stereocenters. The van der Waals surface area contributed by atoms with E-state index in [2.05, 4.69) is 0 Å². The predicted octanol–water partition coefficient (Wildman–Crippen LogP) is 5.26. The van der Waals surface area contributed by atoms with Crippen LogP contribution in [0.1, 0.15) is 70.3 Å². The summed E-state index contributed by atoms with van der Waals surface area (Å²) in [5.41, 5.74) is 0.627. The highest BCUT2D eigenvalue weighted by Crippen LogP contribution is 2.67. The highest BCUT2D eigenvalue weighted by atomic mass is 16.6. The highest BCUT2D eigenvalue weighted by Gasteiger charge is 2.81. The molecule has 1 aromatic rings. The van der Waals surface area contributed by atoms with Gasteiger partial charge < -0.3 is 14.6 Å². The van der Waals surface area contributed by atoms with Crippen molar-refractivity contribution < 1.29 is 24.2 Å². The summed E-state index contributed by atoms with van der Waals surface area (Å²) in [4.78, 5) is 27.8. The smallest absolute Gasteiger partial charge is 0.196 e. The first kappa shape index (κ1) is 22.1. The molecule has 4 atom stereocenters. The first-order chi connectivity index (χ1) is 15.4. The SMILES string of the molecule is CC(C)=CCc1c(O)ccc2c1OC13C(=CC4CC1C(C)(C)OC3(CC=C(C)C)C4=O)C2=O. The van der Waals surface area contributed by atoms with Gasteiger partial charge in [-0.05, 0) is 66.5 Å². The number of fused-ring (bicyclic) bond motifs is 1. The van der Waals surface area contributed by atoms with E-state index in [9.17, 15) is 14.7 Å². The number of rotatable bonds is 4. The zero-order valence-corrected chi connectivity index (χ0v) is 20.2. The van der Waals surface area contributed by atoms with Crippen molar-refractivity contribution >= 4 is 11.6 Å². The van der Waals surface area contributed by atoms with Crippen LogP contribution in [0, 0.1) is 11.8 Å². The largest absolute Gasteiger partial charge is 0.508 e. The average Bonchev–Trinajstić information content (AvgIpc) is 2.89. The Labute approximate surface area is 195 Å². The fourth-order valence-corrected chi connectivity index (χ4v) is 6.40. The van der Waals surface area contributed by atoms with Gasteiger partial charge in [0.1, 0.15) is 11.5 Å². The molecule has 1 saturated carbocycles. The van der Waals surface area contributed by atoms with E-state index >= 15 is 0 Å². The third kappa shape index (κ3) is 2.75. The summed E-state index contributed by atoms with van der Waals surface area (Å²) in [5, 5.41) is 10.7. The number of ether oxygens (including phenoxy) is 2. The standard InChI is InChI=1S/C28H32O5/c1-15(2)7-8-18-21(29)10-9-19-23(30)20-13-17-14-22-26(5,6)33-27(25(17)31,12-11-16(3)4)28(20,22)32-24(18)19/h7,9-11,13,17,22,29H,8,12,14H2,1-6H3. The van der Waals surface area contributed by atoms with Crippen LogP contribution in [-0.2, 0) is 16.0 Å². The third-order valence-corrected chi connectivity index (χ3v) is 7.86. The summed E-state index contributed by atoms with van der Waals surface area (Å²) in [6.07, 6.45) is 7.23. The highest BCUT2D eigenvalue weighted by molar-refractivity contribution is 6.17. The van der Waals surface area contributed by atoms with Crippen LogP contribution in [0.2, 0.25) is 0 Å². The second-order valence-electron chi connectivity index (χ2n) is 10.9. The summed E-state index contributed by atoms with van der Waals surface area (Å²) in [6.45, 7) is 12.0. The average molecular weight is 449 g/mol. The quantitative estimate of drug-likeness (QED) is 0.636. The van der Waals surface area contributed by atoms with Crippen molar-refractivity contribution in [1.82, 2.24) is 0 Å². The molecule has 4 bridgehead atoms. The summed E-state index contributed by atoms with van der Waals surface area (Å²) in [5.74, 6) is -0.169. The van der Waals surface area contributed by atoms with Gasteiger partial charge in [0, 0.05) is 29.4 Å². The molecule has 2 aliphatic heterocycles. The Hall–Kier alpha value is -2.66. The molecule has 0 radical (unpaired) electrons. The molecular weight excluding hydrogens is 416 g/mol. The van der Waals surface area contributed by atoms with Gasteiger partial charge in [-0.3, -0.25) is 9.59 Å². The van der Waals surface area contributed by atoms with Gasteiger partial charge in [0.05, 0.1) is 11.2 Å². The maximum atomic E-state index is 13.9. The Bertz CT molecular complexity index is 1170. The lowest BCUT2D eigenvalue weighted by Gasteiger charge is -2.56. The second kappa shape index (κ2) is 6.92. The summed E-state index contributed by atoms with van der Waals surface area (Å²) in [7, 11) is 0. The molecule has 0 aromatic heterocycles. The van der Waals surface area contributed by atoms with Crippen molar-refractivity contribution in [3.63, 3.8) is 0 Å². The van der Waals surface area contributed by atoms with E-state index in [0.717, 1.165) is 11.1 Å². The third-order valence-electron chi connectivity index (χ3n) is 7.86. The molecule has 1 saturated heterocycles. The van der Waals surface area contributed by atoms with Crippen LogP contribution in [0.4, 0.5) is 0 Å². The van der Waals surface area contributed by atoms with Gasteiger partial charge in [-0.15, -0.1) is 0 Å². The maximum Gasteiger partial charge on any atom is 0.196 e. The van der Waals surface area contributed by atoms with E-state index in [1.807, 2.05) is 59.8 Å². The van der Waals surface area contributed by atoms with Crippen LogP contribution < -0.4 is 4.74 Å². The Morgan fingerprint density at radius 3 is 2.48 bits per heavy atom. The van der Waals surface area contributed by atoms with Crippen molar-refractivity contribution in [3.05, 3.63) is 58.2 Å². The van der Waals surface area contributed by atoms with Crippen molar-refractivity contribution in [2.45, 2.75) is 77.6 Å². The number of Topliss-reactive ketones (excluding diaryl/α,β-unsaturated/α-hetero) is 2. The molecule has 5 heteroatoms. The van der Waals surface area contributed by atoms with E-state index in [1.165, 1.54) is 0 Å². The van der Waals surface area contributed by atoms with Crippen molar-refractivity contribution in [2.24, 2.45) is 11.8 Å². The fourth-order valence-electron chi connectivity index (χ4n) is 6.40. The van der Waals surface area contributed by atoms with Crippen LogP contribution in [0.25, 0.3) is 0 Å². The lowest BCUT2D eigenvalue weighted by Crippen LogP contribution is -2.72. The zero-order chi connectivity index (χ0) is 23.9. The van der Waals surface area contributed by atoms with Crippen LogP contribution in [0.15, 0.2) is 47.1 Å². The van der Waals surface area contributed by atoms with Crippen LogP contribution >= 0.6 is 0 Å². The first-order valence-electron chi connectivity index (χ1n) is 11.8. The number of benzene rings is 1. The Balaban J connectivity index is 1.79. The Morgan fingerprint density at radius 2 is 1.82 bits per heavy atom. The van der Waals surface area contributed by atoms with E-state index in [4.69, 9.17) is 9.47 Å². The maximum absolute atomic E-state index is 13.9. The predicted molar refractivity (Wildman–Crippen MR) is 126 cm³/mol.